The van der Waals surface area contributed by atoms with Crippen LogP contribution in [-0.4, -0.2) is 44.2 Å². The van der Waals surface area contributed by atoms with E-state index in [0.29, 0.717) is 11.1 Å². The Morgan fingerprint density at radius 3 is 2.15 bits per heavy atom. The maximum Gasteiger partial charge on any atom is 0.338 e. The number of rotatable bonds is 6. The van der Waals surface area contributed by atoms with Crippen molar-refractivity contribution >= 4 is 34.5 Å². The van der Waals surface area contributed by atoms with Gasteiger partial charge in [-0.3, -0.25) is 14.3 Å². The first-order chi connectivity index (χ1) is 15.9. The summed E-state index contributed by atoms with van der Waals surface area (Å²) in [5.41, 5.74) is -0.484. The van der Waals surface area contributed by atoms with E-state index in [1.165, 1.54) is 16.8 Å². The van der Waals surface area contributed by atoms with Gasteiger partial charge >= 0.3 is 17.6 Å². The molecule has 0 aliphatic carbocycles. The molecule has 2 heterocycles. The number of carbonyl (C=O) groups is 2. The third-order valence-electron chi connectivity index (χ3n) is 5.03. The normalized spacial score (nSPS) is 22.0. The fourth-order valence-corrected chi connectivity index (χ4v) is 4.53. The Balaban J connectivity index is 1.56. The van der Waals surface area contributed by atoms with E-state index in [2.05, 4.69) is 4.98 Å². The highest BCUT2D eigenvalue weighted by molar-refractivity contribution is 14.1. The lowest BCUT2D eigenvalue weighted by Crippen LogP contribution is -2.37. The number of esters is 2. The molecule has 0 saturated carbocycles. The SMILES string of the molecule is O=C(OC[C@H]1O[C@@H](n2ccc(=O)[nH]c2=O)[C@H](I)[C@@H]1OC(=O)c1ccccc1)c1ccccc1. The van der Waals surface area contributed by atoms with Crippen molar-refractivity contribution in [3.05, 3.63) is 105 Å². The number of aromatic amines is 1. The highest BCUT2D eigenvalue weighted by atomic mass is 127. The Kier molecular flexibility index (Phi) is 7.04. The largest absolute Gasteiger partial charge is 0.459 e. The number of alkyl halides is 1. The minimum absolute atomic E-state index is 0.200. The standard InChI is InChI=1S/C23H19IN2O7/c24-18-19(33-22(29)15-9-5-2-6-10-15)16(13-31-21(28)14-7-3-1-4-8-14)32-20(18)26-12-11-17(27)25-23(26)30/h1-12,16,18-20H,13H2,(H,25,27,30)/t16-,18-,19-,20-/m1/s1. The second kappa shape index (κ2) is 10.1. The Labute approximate surface area is 201 Å². The number of benzene rings is 2. The van der Waals surface area contributed by atoms with E-state index in [0.717, 1.165) is 0 Å². The monoisotopic (exact) mass is 562 g/mol. The topological polar surface area (TPSA) is 117 Å². The average molecular weight is 562 g/mol. The van der Waals surface area contributed by atoms with Gasteiger partial charge in [-0.1, -0.05) is 59.0 Å². The number of hydrogen-bond donors (Lipinski definition) is 1. The van der Waals surface area contributed by atoms with Gasteiger partial charge < -0.3 is 14.2 Å². The molecule has 0 radical (unpaired) electrons. The molecule has 4 atom stereocenters. The van der Waals surface area contributed by atoms with Crippen molar-refractivity contribution < 1.29 is 23.8 Å². The molecule has 3 aromatic rings. The Bertz CT molecular complexity index is 1240. The molecule has 33 heavy (non-hydrogen) atoms. The van der Waals surface area contributed by atoms with E-state index in [-0.39, 0.29) is 6.61 Å². The first-order valence-electron chi connectivity index (χ1n) is 10.0. The highest BCUT2D eigenvalue weighted by Gasteiger charge is 2.47. The number of ether oxygens (including phenoxy) is 3. The van der Waals surface area contributed by atoms with Crippen molar-refractivity contribution in [2.45, 2.75) is 22.4 Å². The first kappa shape index (κ1) is 22.9. The van der Waals surface area contributed by atoms with Crippen LogP contribution in [0.4, 0.5) is 0 Å². The predicted octanol–water partition coefficient (Wildman–Crippen LogP) is 2.32. The molecule has 2 aromatic carbocycles. The second-order valence-electron chi connectivity index (χ2n) is 7.23. The summed E-state index contributed by atoms with van der Waals surface area (Å²) in [5.74, 6) is -1.12. The molecule has 10 heteroatoms. The van der Waals surface area contributed by atoms with E-state index < -0.39 is 45.5 Å². The van der Waals surface area contributed by atoms with Gasteiger partial charge in [0.1, 0.15) is 18.8 Å². The molecule has 0 amide bonds. The van der Waals surface area contributed by atoms with E-state index >= 15 is 0 Å². The quantitative estimate of drug-likeness (QED) is 0.279. The summed E-state index contributed by atoms with van der Waals surface area (Å²) < 4.78 is 17.8. The molecule has 1 N–H and O–H groups in total. The van der Waals surface area contributed by atoms with Crippen molar-refractivity contribution in [2.75, 3.05) is 6.61 Å². The number of nitrogens with one attached hydrogen (secondary N) is 1. The van der Waals surface area contributed by atoms with E-state index in [4.69, 9.17) is 14.2 Å². The minimum Gasteiger partial charge on any atom is -0.459 e. The van der Waals surface area contributed by atoms with Crippen LogP contribution in [0.25, 0.3) is 0 Å². The summed E-state index contributed by atoms with van der Waals surface area (Å²) in [6, 6.07) is 18.1. The minimum atomic E-state index is -0.857. The van der Waals surface area contributed by atoms with E-state index in [1.54, 1.807) is 60.7 Å². The number of nitrogens with zero attached hydrogens (tertiary/aromatic N) is 1. The maximum atomic E-state index is 12.7. The number of hydrogen-bond acceptors (Lipinski definition) is 7. The molecule has 1 fully saturated rings. The molecule has 1 aromatic heterocycles. The molecule has 4 rings (SSSR count). The van der Waals surface area contributed by atoms with Crippen molar-refractivity contribution in [3.63, 3.8) is 0 Å². The summed E-state index contributed by atoms with van der Waals surface area (Å²) in [7, 11) is 0. The van der Waals surface area contributed by atoms with E-state index in [9.17, 15) is 19.2 Å². The third kappa shape index (κ3) is 5.22. The average Bonchev–Trinajstić information content (AvgIpc) is 3.13. The molecular weight excluding hydrogens is 543 g/mol. The number of carbonyl (C=O) groups excluding carboxylic acids is 2. The zero-order valence-corrected chi connectivity index (χ0v) is 19.3. The van der Waals surface area contributed by atoms with Crippen LogP contribution in [0.2, 0.25) is 0 Å². The second-order valence-corrected chi connectivity index (χ2v) is 8.67. The van der Waals surface area contributed by atoms with Crippen molar-refractivity contribution in [1.29, 1.82) is 0 Å². The lowest BCUT2D eigenvalue weighted by molar-refractivity contribution is -0.0581. The highest BCUT2D eigenvalue weighted by Crippen LogP contribution is 2.36. The van der Waals surface area contributed by atoms with Gasteiger partial charge in [0.15, 0.2) is 6.23 Å². The Morgan fingerprint density at radius 2 is 1.55 bits per heavy atom. The van der Waals surface area contributed by atoms with Crippen LogP contribution in [-0.2, 0) is 14.2 Å². The molecule has 0 bridgehead atoms. The van der Waals surface area contributed by atoms with Gasteiger partial charge in [0, 0.05) is 12.3 Å². The zero-order chi connectivity index (χ0) is 23.4. The first-order valence-corrected chi connectivity index (χ1v) is 11.3. The van der Waals surface area contributed by atoms with Gasteiger partial charge in [-0.25, -0.2) is 14.4 Å². The molecule has 9 nitrogen and oxygen atoms in total. The molecule has 1 aliphatic rings. The van der Waals surface area contributed by atoms with Gasteiger partial charge in [-0.05, 0) is 24.3 Å². The van der Waals surface area contributed by atoms with Crippen LogP contribution in [0.5, 0.6) is 0 Å². The van der Waals surface area contributed by atoms with E-state index in [1.807, 2.05) is 22.6 Å². The van der Waals surface area contributed by atoms with Crippen LogP contribution >= 0.6 is 22.6 Å². The van der Waals surface area contributed by atoms with Gasteiger partial charge in [0.25, 0.3) is 5.56 Å². The van der Waals surface area contributed by atoms with Gasteiger partial charge in [0.2, 0.25) is 0 Å². The van der Waals surface area contributed by atoms with Gasteiger partial charge in [-0.15, -0.1) is 0 Å². The van der Waals surface area contributed by atoms with Crippen molar-refractivity contribution in [1.82, 2.24) is 9.55 Å². The van der Waals surface area contributed by atoms with Crippen molar-refractivity contribution in [2.24, 2.45) is 0 Å². The number of aromatic nitrogens is 2. The molecule has 170 valence electrons. The maximum absolute atomic E-state index is 12.7. The number of H-pyrrole nitrogens is 1. The Morgan fingerprint density at radius 1 is 0.939 bits per heavy atom. The lowest BCUT2D eigenvalue weighted by Gasteiger charge is -2.20. The molecule has 0 spiro atoms. The van der Waals surface area contributed by atoms with Gasteiger partial charge in [0.05, 0.1) is 15.1 Å². The molecule has 1 aliphatic heterocycles. The summed E-state index contributed by atoms with van der Waals surface area (Å²) in [5, 5.41) is 0. The number of halogens is 1. The third-order valence-corrected chi connectivity index (χ3v) is 6.36. The summed E-state index contributed by atoms with van der Waals surface area (Å²) in [6.07, 6.45) is -1.21. The van der Waals surface area contributed by atoms with Crippen LogP contribution in [0.3, 0.4) is 0 Å². The fourth-order valence-electron chi connectivity index (χ4n) is 3.40. The van der Waals surface area contributed by atoms with Crippen molar-refractivity contribution in [3.8, 4) is 0 Å². The fraction of sp³-hybridized carbons (Fsp3) is 0.217. The summed E-state index contributed by atoms with van der Waals surface area (Å²) >= 11 is 2.03. The lowest BCUT2D eigenvalue weighted by atomic mass is 10.1. The predicted molar refractivity (Wildman–Crippen MR) is 125 cm³/mol. The summed E-state index contributed by atoms with van der Waals surface area (Å²) in [4.78, 5) is 51.0. The molecule has 0 unspecified atom stereocenters. The zero-order valence-electron chi connectivity index (χ0n) is 17.1. The van der Waals surface area contributed by atoms with Crippen LogP contribution in [0.15, 0.2) is 82.5 Å². The van der Waals surface area contributed by atoms with Crippen LogP contribution < -0.4 is 11.2 Å². The molecule has 1 saturated heterocycles. The van der Waals surface area contributed by atoms with Crippen LogP contribution in [0.1, 0.15) is 26.9 Å². The Hall–Kier alpha value is -3.25. The van der Waals surface area contributed by atoms with Crippen LogP contribution in [0, 0.1) is 0 Å². The smallest absolute Gasteiger partial charge is 0.338 e. The molecular formula is C23H19IN2O7. The summed E-state index contributed by atoms with van der Waals surface area (Å²) in [6.45, 7) is -0.200. The van der Waals surface area contributed by atoms with Gasteiger partial charge in [-0.2, -0.15) is 0 Å².